The fourth-order valence-corrected chi connectivity index (χ4v) is 2.43. The molecule has 1 atom stereocenters. The van der Waals surface area contributed by atoms with E-state index in [1.807, 2.05) is 18.2 Å². The number of nitrogens with zero attached hydrogens (tertiary/aromatic N) is 2. The quantitative estimate of drug-likeness (QED) is 0.775. The van der Waals surface area contributed by atoms with Crippen molar-refractivity contribution in [2.75, 3.05) is 52.1 Å². The fourth-order valence-electron chi connectivity index (χ4n) is 2.43. The van der Waals surface area contributed by atoms with Crippen molar-refractivity contribution < 1.29 is 9.84 Å². The molecule has 0 aromatic heterocycles. The molecule has 0 bridgehead atoms. The number of nitrogen functional groups attached to an aromatic ring is 1. The number of anilines is 1. The second-order valence-corrected chi connectivity index (χ2v) is 5.49. The smallest absolute Gasteiger partial charge is 0.121 e. The van der Waals surface area contributed by atoms with Crippen LogP contribution in [0, 0.1) is 0 Å². The maximum atomic E-state index is 10.1. The van der Waals surface area contributed by atoms with Gasteiger partial charge in [-0.1, -0.05) is 6.07 Å². The summed E-state index contributed by atoms with van der Waals surface area (Å²) in [5.74, 6) is 0.708. The van der Waals surface area contributed by atoms with E-state index in [-0.39, 0.29) is 0 Å². The van der Waals surface area contributed by atoms with Crippen molar-refractivity contribution in [3.63, 3.8) is 0 Å². The lowest BCUT2D eigenvalue weighted by Crippen LogP contribution is -2.37. The number of nitrogens with two attached hydrogens (primary N) is 1. The SMILES string of the molecule is CN1CCCN(CC(O)COc2cccc(N)c2)CC1. The minimum Gasteiger partial charge on any atom is -0.491 e. The molecule has 1 aromatic carbocycles. The predicted molar refractivity (Wildman–Crippen MR) is 80.9 cm³/mol. The van der Waals surface area contributed by atoms with E-state index in [1.54, 1.807) is 6.07 Å². The van der Waals surface area contributed by atoms with Crippen LogP contribution in [-0.4, -0.2) is 67.4 Å². The first kappa shape index (κ1) is 15.1. The molecule has 1 fully saturated rings. The van der Waals surface area contributed by atoms with E-state index in [1.165, 1.54) is 0 Å². The van der Waals surface area contributed by atoms with E-state index in [9.17, 15) is 5.11 Å². The van der Waals surface area contributed by atoms with Gasteiger partial charge in [-0.3, -0.25) is 4.90 Å². The minimum atomic E-state index is -0.472. The maximum Gasteiger partial charge on any atom is 0.121 e. The van der Waals surface area contributed by atoms with Gasteiger partial charge in [0.15, 0.2) is 0 Å². The third-order valence-corrected chi connectivity index (χ3v) is 3.58. The van der Waals surface area contributed by atoms with Crippen molar-refractivity contribution >= 4 is 5.69 Å². The third kappa shape index (κ3) is 5.00. The Morgan fingerprint density at radius 3 is 2.95 bits per heavy atom. The summed E-state index contributed by atoms with van der Waals surface area (Å²) in [6.45, 7) is 5.20. The van der Waals surface area contributed by atoms with Crippen LogP contribution in [0.2, 0.25) is 0 Å². The van der Waals surface area contributed by atoms with Gasteiger partial charge in [0.1, 0.15) is 18.5 Å². The summed E-state index contributed by atoms with van der Waals surface area (Å²) in [5.41, 5.74) is 6.36. The normalized spacial score (nSPS) is 19.5. The Balaban J connectivity index is 1.73. The topological polar surface area (TPSA) is 62.0 Å². The number of aliphatic hydroxyl groups is 1. The Bertz CT molecular complexity index is 414. The number of ether oxygens (including phenoxy) is 1. The molecule has 0 spiro atoms. The summed E-state index contributed by atoms with van der Waals surface area (Å²) >= 11 is 0. The Morgan fingerprint density at radius 1 is 1.30 bits per heavy atom. The zero-order valence-corrected chi connectivity index (χ0v) is 12.2. The van der Waals surface area contributed by atoms with Crippen LogP contribution in [0.3, 0.4) is 0 Å². The van der Waals surface area contributed by atoms with E-state index < -0.39 is 6.10 Å². The first-order valence-corrected chi connectivity index (χ1v) is 7.21. The molecule has 5 heteroatoms. The van der Waals surface area contributed by atoms with Gasteiger partial charge < -0.3 is 20.5 Å². The molecule has 1 aliphatic rings. The van der Waals surface area contributed by atoms with Crippen LogP contribution in [0.5, 0.6) is 5.75 Å². The second kappa shape index (κ2) is 7.47. The lowest BCUT2D eigenvalue weighted by atomic mass is 10.3. The Hall–Kier alpha value is -1.30. The largest absolute Gasteiger partial charge is 0.491 e. The van der Waals surface area contributed by atoms with E-state index in [4.69, 9.17) is 10.5 Å². The van der Waals surface area contributed by atoms with E-state index in [0.29, 0.717) is 24.6 Å². The Kier molecular flexibility index (Phi) is 5.64. The average Bonchev–Trinajstić information content (AvgIpc) is 2.62. The standard InChI is InChI=1S/C15H25N3O2/c1-17-6-3-7-18(9-8-17)11-14(19)12-20-15-5-2-4-13(16)10-15/h2,4-5,10,14,19H,3,6-9,11-12,16H2,1H3. The molecule has 20 heavy (non-hydrogen) atoms. The van der Waals surface area contributed by atoms with Gasteiger partial charge in [0.05, 0.1) is 0 Å². The van der Waals surface area contributed by atoms with Gasteiger partial charge in [-0.2, -0.15) is 0 Å². The monoisotopic (exact) mass is 279 g/mol. The average molecular weight is 279 g/mol. The van der Waals surface area contributed by atoms with Crippen LogP contribution < -0.4 is 10.5 Å². The molecule has 1 saturated heterocycles. The molecule has 1 aliphatic heterocycles. The van der Waals surface area contributed by atoms with Crippen molar-refractivity contribution in [3.8, 4) is 5.75 Å². The molecule has 2 rings (SSSR count). The van der Waals surface area contributed by atoms with E-state index in [0.717, 1.165) is 32.6 Å². The third-order valence-electron chi connectivity index (χ3n) is 3.58. The lowest BCUT2D eigenvalue weighted by Gasteiger charge is -2.23. The summed E-state index contributed by atoms with van der Waals surface area (Å²) in [5, 5.41) is 10.1. The van der Waals surface area contributed by atoms with Gasteiger partial charge in [0, 0.05) is 31.4 Å². The maximum absolute atomic E-state index is 10.1. The molecule has 0 radical (unpaired) electrons. The van der Waals surface area contributed by atoms with Gasteiger partial charge in [-0.15, -0.1) is 0 Å². The van der Waals surface area contributed by atoms with Crippen LogP contribution in [0.15, 0.2) is 24.3 Å². The molecule has 3 N–H and O–H groups in total. The number of β-amino-alcohol motifs (C(OH)–C–C–N with tert-alkyl or cyclic N) is 1. The number of likely N-dealkylation sites (N-methyl/N-ethyl adjacent to an activating group) is 1. The van der Waals surface area contributed by atoms with Crippen LogP contribution >= 0.6 is 0 Å². The number of hydrogen-bond donors (Lipinski definition) is 2. The number of rotatable bonds is 5. The van der Waals surface area contributed by atoms with Gasteiger partial charge in [-0.25, -0.2) is 0 Å². The van der Waals surface area contributed by atoms with E-state index >= 15 is 0 Å². The van der Waals surface area contributed by atoms with Crippen molar-refractivity contribution in [1.82, 2.24) is 9.80 Å². The minimum absolute atomic E-state index is 0.301. The zero-order chi connectivity index (χ0) is 14.4. The molecule has 1 unspecified atom stereocenters. The number of benzene rings is 1. The van der Waals surface area contributed by atoms with Crippen LogP contribution in [0.4, 0.5) is 5.69 Å². The van der Waals surface area contributed by atoms with Crippen LogP contribution in [0.1, 0.15) is 6.42 Å². The second-order valence-electron chi connectivity index (χ2n) is 5.49. The van der Waals surface area contributed by atoms with Crippen molar-refractivity contribution in [2.45, 2.75) is 12.5 Å². The first-order valence-electron chi connectivity index (χ1n) is 7.21. The zero-order valence-electron chi connectivity index (χ0n) is 12.2. The predicted octanol–water partition coefficient (Wildman–Crippen LogP) is 0.646. The van der Waals surface area contributed by atoms with Crippen molar-refractivity contribution in [3.05, 3.63) is 24.3 Å². The van der Waals surface area contributed by atoms with Gasteiger partial charge in [-0.05, 0) is 38.7 Å². The molecular formula is C15H25N3O2. The number of aliphatic hydroxyl groups excluding tert-OH is 1. The van der Waals surface area contributed by atoms with Gasteiger partial charge in [0.25, 0.3) is 0 Å². The summed E-state index contributed by atoms with van der Waals surface area (Å²) in [6.07, 6.45) is 0.680. The fraction of sp³-hybridized carbons (Fsp3) is 0.600. The molecule has 0 amide bonds. The summed E-state index contributed by atoms with van der Waals surface area (Å²) in [4.78, 5) is 4.63. The van der Waals surface area contributed by atoms with Gasteiger partial charge >= 0.3 is 0 Å². The van der Waals surface area contributed by atoms with Crippen molar-refractivity contribution in [1.29, 1.82) is 0 Å². The molecule has 5 nitrogen and oxygen atoms in total. The summed E-state index contributed by atoms with van der Waals surface area (Å²) in [7, 11) is 2.14. The summed E-state index contributed by atoms with van der Waals surface area (Å²) < 4.78 is 5.58. The molecule has 112 valence electrons. The first-order chi connectivity index (χ1) is 9.63. The molecular weight excluding hydrogens is 254 g/mol. The van der Waals surface area contributed by atoms with Gasteiger partial charge in [0.2, 0.25) is 0 Å². The molecule has 1 heterocycles. The van der Waals surface area contributed by atoms with Crippen LogP contribution in [0.25, 0.3) is 0 Å². The molecule has 0 saturated carbocycles. The Morgan fingerprint density at radius 2 is 2.15 bits per heavy atom. The highest BCUT2D eigenvalue weighted by Gasteiger charge is 2.16. The highest BCUT2D eigenvalue weighted by molar-refractivity contribution is 5.43. The lowest BCUT2D eigenvalue weighted by molar-refractivity contribution is 0.0696. The highest BCUT2D eigenvalue weighted by Crippen LogP contribution is 2.14. The van der Waals surface area contributed by atoms with Crippen molar-refractivity contribution in [2.24, 2.45) is 0 Å². The summed E-state index contributed by atoms with van der Waals surface area (Å²) in [6, 6.07) is 7.29. The molecule has 1 aromatic rings. The van der Waals surface area contributed by atoms with Crippen LogP contribution in [-0.2, 0) is 0 Å². The molecule has 0 aliphatic carbocycles. The number of hydrogen-bond acceptors (Lipinski definition) is 5. The van der Waals surface area contributed by atoms with E-state index in [2.05, 4.69) is 16.8 Å². The Labute approximate surface area is 120 Å². The highest BCUT2D eigenvalue weighted by atomic mass is 16.5.